The summed E-state index contributed by atoms with van der Waals surface area (Å²) in [5.41, 5.74) is -0.378. The number of hydrogen-bond acceptors (Lipinski definition) is 3. The fourth-order valence-electron chi connectivity index (χ4n) is 1.94. The Bertz CT molecular complexity index is 828. The molecule has 0 amide bonds. The van der Waals surface area contributed by atoms with Gasteiger partial charge in [0.15, 0.2) is 0 Å². The van der Waals surface area contributed by atoms with Gasteiger partial charge in [0.2, 0.25) is 11.6 Å². The zero-order chi connectivity index (χ0) is 16.2. The second-order valence-electron chi connectivity index (χ2n) is 4.35. The molecule has 4 nitrogen and oxygen atoms in total. The van der Waals surface area contributed by atoms with Gasteiger partial charge in [-0.25, -0.2) is 13.8 Å². The summed E-state index contributed by atoms with van der Waals surface area (Å²) in [6.45, 7) is 0. The van der Waals surface area contributed by atoms with Gasteiger partial charge in [-0.3, -0.25) is 9.59 Å². The number of ketones is 2. The monoisotopic (exact) mass is 406 g/mol. The standard InChI is InChI=1S/C13H3BrCl2F2N2O2/c14-6-4(17)1-3(2-5(6)18)13-19-9-10(20-13)12(22)8(16)7(15)11(9)21/h1-2H,(H,19,20). The van der Waals surface area contributed by atoms with E-state index in [1.54, 1.807) is 0 Å². The zero-order valence-electron chi connectivity index (χ0n) is 10.3. The third kappa shape index (κ3) is 2.20. The molecule has 0 spiro atoms. The summed E-state index contributed by atoms with van der Waals surface area (Å²) >= 11 is 14.1. The van der Waals surface area contributed by atoms with Gasteiger partial charge >= 0.3 is 0 Å². The molecule has 0 fully saturated rings. The van der Waals surface area contributed by atoms with Gasteiger partial charge in [0.25, 0.3) is 0 Å². The lowest BCUT2D eigenvalue weighted by Gasteiger charge is -2.07. The van der Waals surface area contributed by atoms with Crippen molar-refractivity contribution in [2.45, 2.75) is 0 Å². The van der Waals surface area contributed by atoms with E-state index in [0.717, 1.165) is 12.1 Å². The number of Topliss-reactive ketones (excluding diaryl/α,β-unsaturated/α-hetero) is 2. The van der Waals surface area contributed by atoms with Crippen LogP contribution in [0.5, 0.6) is 0 Å². The first kappa shape index (κ1) is 15.3. The van der Waals surface area contributed by atoms with Crippen molar-refractivity contribution in [3.05, 3.63) is 49.7 Å². The highest BCUT2D eigenvalue weighted by atomic mass is 79.9. The number of halogens is 5. The van der Waals surface area contributed by atoms with E-state index in [2.05, 4.69) is 25.9 Å². The van der Waals surface area contributed by atoms with Crippen LogP contribution in [0.2, 0.25) is 0 Å². The van der Waals surface area contributed by atoms with E-state index in [0.29, 0.717) is 0 Å². The normalized spacial score (nSPS) is 14.6. The van der Waals surface area contributed by atoms with Crippen LogP contribution in [0.3, 0.4) is 0 Å². The minimum absolute atomic E-state index is 0.0282. The molecule has 0 atom stereocenters. The van der Waals surface area contributed by atoms with Crippen LogP contribution in [0, 0.1) is 11.6 Å². The Labute approximate surface area is 140 Å². The summed E-state index contributed by atoms with van der Waals surface area (Å²) in [5.74, 6) is -3.19. The predicted molar refractivity (Wildman–Crippen MR) is 79.0 cm³/mol. The lowest BCUT2D eigenvalue weighted by atomic mass is 10.1. The predicted octanol–water partition coefficient (Wildman–Crippen LogP) is 4.19. The second kappa shape index (κ2) is 5.26. The maximum Gasteiger partial charge on any atom is 0.226 e. The molecule has 1 N–H and O–H groups in total. The van der Waals surface area contributed by atoms with Crippen LogP contribution < -0.4 is 0 Å². The van der Waals surface area contributed by atoms with Gasteiger partial charge in [-0.1, -0.05) is 23.2 Å². The van der Waals surface area contributed by atoms with E-state index in [-0.39, 0.29) is 27.2 Å². The highest BCUT2D eigenvalue weighted by Gasteiger charge is 2.34. The Morgan fingerprint density at radius 3 is 2.18 bits per heavy atom. The van der Waals surface area contributed by atoms with Gasteiger partial charge in [-0.15, -0.1) is 0 Å². The van der Waals surface area contributed by atoms with Crippen LogP contribution in [-0.4, -0.2) is 21.5 Å². The van der Waals surface area contributed by atoms with Gasteiger partial charge in [0, 0.05) is 5.56 Å². The fourth-order valence-corrected chi connectivity index (χ4v) is 2.53. The molecule has 1 aliphatic carbocycles. The molecule has 0 unspecified atom stereocenters. The topological polar surface area (TPSA) is 62.8 Å². The van der Waals surface area contributed by atoms with E-state index in [4.69, 9.17) is 23.2 Å². The molecule has 1 aromatic heterocycles. The molecule has 0 bridgehead atoms. The van der Waals surface area contributed by atoms with Gasteiger partial charge in [-0.05, 0) is 28.1 Å². The average Bonchev–Trinajstić information content (AvgIpc) is 2.93. The molecule has 3 rings (SSSR count). The Morgan fingerprint density at radius 2 is 1.59 bits per heavy atom. The molecule has 0 saturated heterocycles. The third-order valence-electron chi connectivity index (χ3n) is 2.99. The molecular weight excluding hydrogens is 405 g/mol. The SMILES string of the molecule is O=C1C(Cl)=C(Cl)C(=O)c2[nH]c(-c3cc(F)c(Br)c(F)c3)nc21. The van der Waals surface area contributed by atoms with Crippen LogP contribution in [0.15, 0.2) is 26.7 Å². The molecule has 22 heavy (non-hydrogen) atoms. The van der Waals surface area contributed by atoms with Crippen LogP contribution in [0.4, 0.5) is 8.78 Å². The average molecular weight is 408 g/mol. The van der Waals surface area contributed by atoms with E-state index < -0.39 is 33.3 Å². The largest absolute Gasteiger partial charge is 0.335 e. The number of rotatable bonds is 1. The van der Waals surface area contributed by atoms with Gasteiger partial charge in [0.1, 0.15) is 38.9 Å². The Balaban J connectivity index is 2.17. The fraction of sp³-hybridized carbons (Fsp3) is 0. The molecule has 9 heteroatoms. The highest BCUT2D eigenvalue weighted by molar-refractivity contribution is 9.10. The van der Waals surface area contributed by atoms with E-state index in [1.807, 2.05) is 0 Å². The second-order valence-corrected chi connectivity index (χ2v) is 5.90. The van der Waals surface area contributed by atoms with Crippen molar-refractivity contribution in [1.29, 1.82) is 0 Å². The van der Waals surface area contributed by atoms with E-state index in [1.165, 1.54) is 0 Å². The summed E-state index contributed by atoms with van der Waals surface area (Å²) < 4.78 is 26.8. The molecule has 1 aromatic carbocycles. The minimum Gasteiger partial charge on any atom is -0.335 e. The first-order valence-electron chi connectivity index (χ1n) is 5.71. The number of aromatic nitrogens is 2. The smallest absolute Gasteiger partial charge is 0.226 e. The molecule has 1 aliphatic rings. The number of nitrogens with one attached hydrogen (secondary N) is 1. The van der Waals surface area contributed by atoms with Crippen molar-refractivity contribution in [3.63, 3.8) is 0 Å². The van der Waals surface area contributed by atoms with Crippen molar-refractivity contribution >= 4 is 50.7 Å². The Morgan fingerprint density at radius 1 is 1.05 bits per heavy atom. The van der Waals surface area contributed by atoms with Crippen molar-refractivity contribution in [2.75, 3.05) is 0 Å². The van der Waals surface area contributed by atoms with Gasteiger partial charge in [-0.2, -0.15) is 0 Å². The Hall–Kier alpha value is -1.57. The number of carbonyl (C=O) groups is 2. The third-order valence-corrected chi connectivity index (χ3v) is 4.57. The number of nitrogens with zero attached hydrogens (tertiary/aromatic N) is 1. The number of carbonyl (C=O) groups excluding carboxylic acids is 2. The van der Waals surface area contributed by atoms with Crippen LogP contribution in [-0.2, 0) is 0 Å². The van der Waals surface area contributed by atoms with E-state index in [9.17, 15) is 18.4 Å². The van der Waals surface area contributed by atoms with Crippen molar-refractivity contribution in [1.82, 2.24) is 9.97 Å². The van der Waals surface area contributed by atoms with Crippen LogP contribution in [0.25, 0.3) is 11.4 Å². The number of imidazole rings is 1. The lowest BCUT2D eigenvalue weighted by Crippen LogP contribution is -2.17. The summed E-state index contributed by atoms with van der Waals surface area (Å²) in [4.78, 5) is 30.3. The lowest BCUT2D eigenvalue weighted by molar-refractivity contribution is 0.0982. The number of fused-ring (bicyclic) bond motifs is 1. The number of aromatic amines is 1. The molecule has 0 radical (unpaired) electrons. The molecule has 2 aromatic rings. The molecule has 0 aliphatic heterocycles. The van der Waals surface area contributed by atoms with Crippen molar-refractivity contribution in [3.8, 4) is 11.4 Å². The first-order chi connectivity index (χ1) is 10.3. The van der Waals surface area contributed by atoms with E-state index >= 15 is 0 Å². The zero-order valence-corrected chi connectivity index (χ0v) is 13.4. The Kier molecular flexibility index (Phi) is 3.66. The van der Waals surface area contributed by atoms with Crippen molar-refractivity contribution in [2.24, 2.45) is 0 Å². The minimum atomic E-state index is -0.851. The van der Waals surface area contributed by atoms with Crippen molar-refractivity contribution < 1.29 is 18.4 Å². The van der Waals surface area contributed by atoms with Gasteiger partial charge < -0.3 is 4.98 Å². The number of hydrogen-bond donors (Lipinski definition) is 1. The molecule has 1 heterocycles. The molecule has 0 saturated carbocycles. The number of benzene rings is 1. The van der Waals surface area contributed by atoms with Gasteiger partial charge in [0.05, 0.1) is 4.47 Å². The molecule has 112 valence electrons. The maximum absolute atomic E-state index is 13.6. The van der Waals surface area contributed by atoms with Crippen LogP contribution >= 0.6 is 39.1 Å². The summed E-state index contributed by atoms with van der Waals surface area (Å²) in [5, 5.41) is -0.868. The summed E-state index contributed by atoms with van der Waals surface area (Å²) in [6.07, 6.45) is 0. The maximum atomic E-state index is 13.6. The summed E-state index contributed by atoms with van der Waals surface area (Å²) in [7, 11) is 0. The number of H-pyrrole nitrogens is 1. The number of allylic oxidation sites excluding steroid dienone is 2. The highest BCUT2D eigenvalue weighted by Crippen LogP contribution is 2.32. The van der Waals surface area contributed by atoms with Crippen LogP contribution in [0.1, 0.15) is 21.0 Å². The molecular formula is C13H3BrCl2F2N2O2. The quantitative estimate of drug-likeness (QED) is 0.721. The summed E-state index contributed by atoms with van der Waals surface area (Å²) in [6, 6.07) is 2.01. The first-order valence-corrected chi connectivity index (χ1v) is 7.25.